The molecular weight excluding hydrogens is 248 g/mol. The Labute approximate surface area is 111 Å². The summed E-state index contributed by atoms with van der Waals surface area (Å²) in [6.45, 7) is 3.39. The lowest BCUT2D eigenvalue weighted by molar-refractivity contribution is 0.351. The summed E-state index contributed by atoms with van der Waals surface area (Å²) in [5.41, 5.74) is 0. The van der Waals surface area contributed by atoms with Gasteiger partial charge < -0.3 is 5.32 Å². The molecule has 1 atom stereocenters. The van der Waals surface area contributed by atoms with Crippen LogP contribution in [0.5, 0.6) is 0 Å². The van der Waals surface area contributed by atoms with Crippen LogP contribution in [0.4, 0.5) is 0 Å². The zero-order valence-corrected chi connectivity index (χ0v) is 12.1. The Morgan fingerprint density at radius 1 is 1.00 bits per heavy atom. The average Bonchev–Trinajstić information content (AvgIpc) is 2.28. The molecule has 0 aromatic heterocycles. The molecule has 0 spiro atoms. The highest BCUT2D eigenvalue weighted by Gasteiger charge is 2.27. The third-order valence-electron chi connectivity index (χ3n) is 4.05. The number of nitrogens with zero attached hydrogens (tertiary/aromatic N) is 1. The Morgan fingerprint density at radius 2 is 1.67 bits per heavy atom. The van der Waals surface area contributed by atoms with E-state index in [4.69, 9.17) is 0 Å². The SMILES string of the molecule is O=S(=O)(CC1CCCNC1)N1CCCCCCC1. The van der Waals surface area contributed by atoms with Gasteiger partial charge in [-0.3, -0.25) is 0 Å². The molecule has 0 radical (unpaired) electrons. The molecule has 0 saturated carbocycles. The van der Waals surface area contributed by atoms with Crippen molar-refractivity contribution in [1.29, 1.82) is 0 Å². The summed E-state index contributed by atoms with van der Waals surface area (Å²) in [5.74, 6) is 0.661. The largest absolute Gasteiger partial charge is 0.316 e. The topological polar surface area (TPSA) is 49.4 Å². The fourth-order valence-electron chi connectivity index (χ4n) is 2.97. The first-order valence-corrected chi connectivity index (χ1v) is 8.98. The maximum Gasteiger partial charge on any atom is 0.214 e. The Balaban J connectivity index is 1.90. The van der Waals surface area contributed by atoms with Gasteiger partial charge in [0.15, 0.2) is 0 Å². The molecule has 0 aliphatic carbocycles. The second-order valence-corrected chi connectivity index (χ2v) is 7.67. The molecule has 2 heterocycles. The predicted octanol–water partition coefficient (Wildman–Crippen LogP) is 1.58. The van der Waals surface area contributed by atoms with Gasteiger partial charge in [-0.25, -0.2) is 12.7 Å². The summed E-state index contributed by atoms with van der Waals surface area (Å²) in [6.07, 6.45) is 7.85. The Kier molecular flexibility index (Phi) is 5.45. The van der Waals surface area contributed by atoms with Gasteiger partial charge in [0.25, 0.3) is 0 Å². The van der Waals surface area contributed by atoms with E-state index in [1.54, 1.807) is 4.31 Å². The highest BCUT2D eigenvalue weighted by atomic mass is 32.2. The number of piperidine rings is 1. The van der Waals surface area contributed by atoms with Crippen LogP contribution in [-0.4, -0.2) is 44.7 Å². The molecule has 106 valence electrons. The van der Waals surface area contributed by atoms with Crippen LogP contribution in [0.15, 0.2) is 0 Å². The molecule has 0 bridgehead atoms. The first kappa shape index (κ1) is 14.3. The molecule has 2 aliphatic rings. The number of sulfonamides is 1. The number of hydrogen-bond donors (Lipinski definition) is 1. The van der Waals surface area contributed by atoms with Crippen molar-refractivity contribution in [2.45, 2.75) is 44.9 Å². The summed E-state index contributed by atoms with van der Waals surface area (Å²) in [7, 11) is -3.03. The van der Waals surface area contributed by atoms with Crippen molar-refractivity contribution in [2.24, 2.45) is 5.92 Å². The van der Waals surface area contributed by atoms with Crippen molar-refractivity contribution in [3.8, 4) is 0 Å². The van der Waals surface area contributed by atoms with E-state index in [0.29, 0.717) is 11.7 Å². The molecule has 2 aliphatic heterocycles. The van der Waals surface area contributed by atoms with Crippen LogP contribution in [-0.2, 0) is 10.0 Å². The second-order valence-electron chi connectivity index (χ2n) is 5.66. The maximum absolute atomic E-state index is 12.4. The Morgan fingerprint density at radius 3 is 2.28 bits per heavy atom. The Bertz CT molecular complexity index is 329. The molecule has 5 heteroatoms. The number of hydrogen-bond acceptors (Lipinski definition) is 3. The molecule has 0 amide bonds. The summed E-state index contributed by atoms with van der Waals surface area (Å²) in [4.78, 5) is 0. The first-order chi connectivity index (χ1) is 8.68. The van der Waals surface area contributed by atoms with Crippen LogP contribution in [0.25, 0.3) is 0 Å². The van der Waals surface area contributed by atoms with Gasteiger partial charge >= 0.3 is 0 Å². The standard InChI is InChI=1S/C13H26N2O2S/c16-18(17,12-13-7-6-8-14-11-13)15-9-4-2-1-3-5-10-15/h13-14H,1-12H2. The average molecular weight is 274 g/mol. The van der Waals surface area contributed by atoms with Crippen molar-refractivity contribution in [1.82, 2.24) is 9.62 Å². The van der Waals surface area contributed by atoms with Gasteiger partial charge in [0, 0.05) is 13.1 Å². The van der Waals surface area contributed by atoms with Crippen LogP contribution in [0, 0.1) is 5.92 Å². The van der Waals surface area contributed by atoms with Gasteiger partial charge in [0.1, 0.15) is 0 Å². The quantitative estimate of drug-likeness (QED) is 0.850. The lowest BCUT2D eigenvalue weighted by Gasteiger charge is -2.28. The summed E-state index contributed by atoms with van der Waals surface area (Å²) in [6, 6.07) is 0. The van der Waals surface area contributed by atoms with Crippen molar-refractivity contribution in [3.63, 3.8) is 0 Å². The second kappa shape index (κ2) is 6.87. The first-order valence-electron chi connectivity index (χ1n) is 7.37. The molecule has 0 aromatic rings. The van der Waals surface area contributed by atoms with E-state index in [1.807, 2.05) is 0 Å². The van der Waals surface area contributed by atoms with E-state index in [1.165, 1.54) is 19.3 Å². The highest BCUT2D eigenvalue weighted by molar-refractivity contribution is 7.89. The van der Waals surface area contributed by atoms with Crippen LogP contribution >= 0.6 is 0 Å². The van der Waals surface area contributed by atoms with E-state index < -0.39 is 10.0 Å². The fourth-order valence-corrected chi connectivity index (χ4v) is 4.87. The van der Waals surface area contributed by atoms with Crippen LogP contribution in [0.1, 0.15) is 44.9 Å². The third kappa shape index (κ3) is 4.21. The summed E-state index contributed by atoms with van der Waals surface area (Å²) in [5, 5.41) is 3.30. The smallest absolute Gasteiger partial charge is 0.214 e. The monoisotopic (exact) mass is 274 g/mol. The predicted molar refractivity (Wildman–Crippen MR) is 74.0 cm³/mol. The Hall–Kier alpha value is -0.130. The van der Waals surface area contributed by atoms with Crippen molar-refractivity contribution in [3.05, 3.63) is 0 Å². The van der Waals surface area contributed by atoms with Crippen LogP contribution < -0.4 is 5.32 Å². The van der Waals surface area contributed by atoms with Gasteiger partial charge in [-0.2, -0.15) is 0 Å². The van der Waals surface area contributed by atoms with E-state index in [9.17, 15) is 8.42 Å². The lowest BCUT2D eigenvalue weighted by Crippen LogP contribution is -2.41. The van der Waals surface area contributed by atoms with Crippen molar-refractivity contribution in [2.75, 3.05) is 31.9 Å². The maximum atomic E-state index is 12.4. The molecule has 2 fully saturated rings. The van der Waals surface area contributed by atoms with E-state index >= 15 is 0 Å². The zero-order valence-electron chi connectivity index (χ0n) is 11.2. The van der Waals surface area contributed by atoms with Gasteiger partial charge in [-0.1, -0.05) is 19.3 Å². The molecule has 1 N–H and O–H groups in total. The minimum absolute atomic E-state index is 0.314. The van der Waals surface area contributed by atoms with Gasteiger partial charge in [0.2, 0.25) is 10.0 Å². The fraction of sp³-hybridized carbons (Fsp3) is 1.00. The van der Waals surface area contributed by atoms with Gasteiger partial charge in [-0.15, -0.1) is 0 Å². The normalized spacial score (nSPS) is 28.6. The molecule has 2 rings (SSSR count). The third-order valence-corrected chi connectivity index (χ3v) is 6.10. The minimum Gasteiger partial charge on any atom is -0.316 e. The van der Waals surface area contributed by atoms with E-state index in [2.05, 4.69) is 5.32 Å². The van der Waals surface area contributed by atoms with Gasteiger partial charge in [0.05, 0.1) is 5.75 Å². The van der Waals surface area contributed by atoms with Crippen molar-refractivity contribution < 1.29 is 8.42 Å². The van der Waals surface area contributed by atoms with E-state index in [-0.39, 0.29) is 0 Å². The van der Waals surface area contributed by atoms with E-state index in [0.717, 1.165) is 51.9 Å². The molecule has 4 nitrogen and oxygen atoms in total. The summed E-state index contributed by atoms with van der Waals surface area (Å²) < 4.78 is 26.6. The lowest BCUT2D eigenvalue weighted by atomic mass is 10.0. The van der Waals surface area contributed by atoms with Gasteiger partial charge in [-0.05, 0) is 44.7 Å². The molecule has 2 saturated heterocycles. The molecule has 18 heavy (non-hydrogen) atoms. The number of nitrogens with one attached hydrogen (secondary N) is 1. The highest BCUT2D eigenvalue weighted by Crippen LogP contribution is 2.18. The van der Waals surface area contributed by atoms with Crippen LogP contribution in [0.2, 0.25) is 0 Å². The summed E-state index contributed by atoms with van der Waals surface area (Å²) >= 11 is 0. The number of rotatable bonds is 3. The molecule has 0 aromatic carbocycles. The van der Waals surface area contributed by atoms with Crippen LogP contribution in [0.3, 0.4) is 0 Å². The minimum atomic E-state index is -3.03. The van der Waals surface area contributed by atoms with Crippen molar-refractivity contribution >= 4 is 10.0 Å². The molecule has 1 unspecified atom stereocenters. The zero-order chi connectivity index (χ0) is 12.8. The molecular formula is C13H26N2O2S.